The van der Waals surface area contributed by atoms with E-state index in [0.29, 0.717) is 13.0 Å². The van der Waals surface area contributed by atoms with Gasteiger partial charge in [-0.1, -0.05) is 13.3 Å². The molecule has 1 aromatic rings. The number of hydrogen-bond donors (Lipinski definition) is 3. The van der Waals surface area contributed by atoms with E-state index in [1.807, 2.05) is 11.9 Å². The predicted molar refractivity (Wildman–Crippen MR) is 65.1 cm³/mol. The second-order valence-electron chi connectivity index (χ2n) is 3.80. The molecule has 0 unspecified atom stereocenters. The molecular weight excluding hydrogens is 246 g/mol. The van der Waals surface area contributed by atoms with Crippen molar-refractivity contribution in [2.75, 3.05) is 17.6 Å². The van der Waals surface area contributed by atoms with Crippen LogP contribution < -0.4 is 22.3 Å². The second-order valence-corrected chi connectivity index (χ2v) is 3.80. The molecule has 0 aliphatic heterocycles. The fourth-order valence-electron chi connectivity index (χ4n) is 1.48. The predicted octanol–water partition coefficient (Wildman–Crippen LogP) is 0.596. The summed E-state index contributed by atoms with van der Waals surface area (Å²) in [4.78, 5) is 25.0. The van der Waals surface area contributed by atoms with Gasteiger partial charge < -0.3 is 11.1 Å². The van der Waals surface area contributed by atoms with E-state index in [4.69, 9.17) is 5.73 Å². The van der Waals surface area contributed by atoms with Crippen LogP contribution in [-0.4, -0.2) is 22.5 Å². The summed E-state index contributed by atoms with van der Waals surface area (Å²) in [5, 5.41) is 2.25. The molecule has 0 fully saturated rings. The highest BCUT2D eigenvalue weighted by atomic mass is 19.3. The Morgan fingerprint density at radius 1 is 1.44 bits per heavy atom. The molecule has 0 spiro atoms. The Labute approximate surface area is 102 Å². The number of nitrogen functional groups attached to an aromatic ring is 1. The van der Waals surface area contributed by atoms with Crippen molar-refractivity contribution in [1.29, 1.82) is 0 Å². The number of nitrogens with one attached hydrogen (secondary N) is 2. The van der Waals surface area contributed by atoms with Crippen LogP contribution in [0.1, 0.15) is 19.8 Å². The Kier molecular flexibility index (Phi) is 4.87. The first kappa shape index (κ1) is 14.2. The number of nitrogens with zero attached hydrogens (tertiary/aromatic N) is 1. The van der Waals surface area contributed by atoms with Gasteiger partial charge in [0.1, 0.15) is 11.5 Å². The summed E-state index contributed by atoms with van der Waals surface area (Å²) in [6, 6.07) is 0. The van der Waals surface area contributed by atoms with E-state index in [9.17, 15) is 18.4 Å². The monoisotopic (exact) mass is 262 g/mol. The van der Waals surface area contributed by atoms with Crippen LogP contribution in [0.2, 0.25) is 0 Å². The number of aromatic nitrogens is 2. The van der Waals surface area contributed by atoms with Crippen LogP contribution in [0.15, 0.2) is 9.59 Å². The molecule has 4 N–H and O–H groups in total. The summed E-state index contributed by atoms with van der Waals surface area (Å²) >= 11 is 0. The van der Waals surface area contributed by atoms with Crippen LogP contribution in [0.5, 0.6) is 0 Å². The molecule has 6 nitrogen and oxygen atoms in total. The fraction of sp³-hybridized carbons (Fsp3) is 0.600. The van der Waals surface area contributed by atoms with E-state index in [2.05, 4.69) is 5.32 Å². The zero-order chi connectivity index (χ0) is 13.7. The van der Waals surface area contributed by atoms with Gasteiger partial charge in [-0.2, -0.15) is 0 Å². The molecule has 0 aromatic carbocycles. The molecule has 1 aromatic heterocycles. The molecular formula is C10H16F2N4O2. The molecule has 0 aliphatic rings. The molecule has 0 saturated heterocycles. The molecule has 1 heterocycles. The van der Waals surface area contributed by atoms with E-state index in [-0.39, 0.29) is 11.5 Å². The van der Waals surface area contributed by atoms with Gasteiger partial charge in [-0.05, 0) is 6.42 Å². The van der Waals surface area contributed by atoms with Crippen LogP contribution in [0, 0.1) is 0 Å². The van der Waals surface area contributed by atoms with Crippen LogP contribution in [0.25, 0.3) is 0 Å². The van der Waals surface area contributed by atoms with Crippen LogP contribution in [-0.2, 0) is 6.54 Å². The maximum absolute atomic E-state index is 12.1. The Bertz CT molecular complexity index is 510. The maximum atomic E-state index is 12.1. The van der Waals surface area contributed by atoms with Crippen molar-refractivity contribution < 1.29 is 8.78 Å². The molecule has 102 valence electrons. The Morgan fingerprint density at radius 3 is 2.67 bits per heavy atom. The first-order chi connectivity index (χ1) is 8.47. The number of unbranched alkanes of at least 4 members (excludes halogenated alkanes) is 1. The van der Waals surface area contributed by atoms with Gasteiger partial charge in [-0.25, -0.2) is 13.6 Å². The van der Waals surface area contributed by atoms with Gasteiger partial charge in [0.25, 0.3) is 12.0 Å². The van der Waals surface area contributed by atoms with Crippen molar-refractivity contribution in [2.45, 2.75) is 32.7 Å². The molecule has 8 heteroatoms. The summed E-state index contributed by atoms with van der Waals surface area (Å²) in [5.74, 6) is -0.113. The van der Waals surface area contributed by atoms with Crippen molar-refractivity contribution in [3.05, 3.63) is 20.8 Å². The van der Waals surface area contributed by atoms with Crippen LogP contribution in [0.4, 0.5) is 20.3 Å². The molecule has 0 amide bonds. The van der Waals surface area contributed by atoms with Crippen molar-refractivity contribution in [3.8, 4) is 0 Å². The first-order valence-electron chi connectivity index (χ1n) is 5.62. The van der Waals surface area contributed by atoms with Gasteiger partial charge in [-0.15, -0.1) is 0 Å². The first-order valence-corrected chi connectivity index (χ1v) is 5.62. The zero-order valence-electron chi connectivity index (χ0n) is 10.0. The number of alkyl halides is 2. The minimum Gasteiger partial charge on any atom is -0.383 e. The van der Waals surface area contributed by atoms with Gasteiger partial charge in [-0.3, -0.25) is 14.3 Å². The highest BCUT2D eigenvalue weighted by Crippen LogP contribution is 2.11. The SMILES string of the molecule is CCCCn1c(N)c(NCC(F)F)c(=O)[nH]c1=O. The second kappa shape index (κ2) is 6.18. The Balaban J connectivity index is 3.10. The summed E-state index contributed by atoms with van der Waals surface area (Å²) < 4.78 is 25.3. The lowest BCUT2D eigenvalue weighted by Crippen LogP contribution is -2.34. The molecule has 0 bridgehead atoms. The van der Waals surface area contributed by atoms with Crippen LogP contribution in [0.3, 0.4) is 0 Å². The molecule has 0 saturated carbocycles. The quantitative estimate of drug-likeness (QED) is 0.699. The molecule has 1 rings (SSSR count). The number of H-pyrrole nitrogens is 1. The third-order valence-electron chi connectivity index (χ3n) is 2.41. The highest BCUT2D eigenvalue weighted by Gasteiger charge is 2.13. The van der Waals surface area contributed by atoms with Crippen molar-refractivity contribution >= 4 is 11.5 Å². The summed E-state index contributed by atoms with van der Waals surface area (Å²) in [7, 11) is 0. The zero-order valence-corrected chi connectivity index (χ0v) is 10.0. The number of rotatable bonds is 6. The van der Waals surface area contributed by atoms with E-state index in [1.54, 1.807) is 0 Å². The molecule has 0 radical (unpaired) electrons. The normalized spacial score (nSPS) is 10.9. The molecule has 0 aliphatic carbocycles. The smallest absolute Gasteiger partial charge is 0.330 e. The minimum atomic E-state index is -2.61. The topological polar surface area (TPSA) is 92.9 Å². The molecule has 0 atom stereocenters. The van der Waals surface area contributed by atoms with Gasteiger partial charge >= 0.3 is 5.69 Å². The van der Waals surface area contributed by atoms with Gasteiger partial charge in [0.15, 0.2) is 0 Å². The fourth-order valence-corrected chi connectivity index (χ4v) is 1.48. The van der Waals surface area contributed by atoms with E-state index in [1.165, 1.54) is 4.57 Å². The average molecular weight is 262 g/mol. The third kappa shape index (κ3) is 3.31. The van der Waals surface area contributed by atoms with Gasteiger partial charge in [0.2, 0.25) is 0 Å². The van der Waals surface area contributed by atoms with Crippen molar-refractivity contribution in [1.82, 2.24) is 9.55 Å². The summed E-state index contributed by atoms with van der Waals surface area (Å²) in [5.41, 5.74) is 4.04. The summed E-state index contributed by atoms with van der Waals surface area (Å²) in [6.45, 7) is 1.57. The van der Waals surface area contributed by atoms with Gasteiger partial charge in [0, 0.05) is 6.54 Å². The lowest BCUT2D eigenvalue weighted by Gasteiger charge is -2.13. The van der Waals surface area contributed by atoms with Gasteiger partial charge in [0.05, 0.1) is 6.54 Å². The van der Waals surface area contributed by atoms with E-state index in [0.717, 1.165) is 6.42 Å². The van der Waals surface area contributed by atoms with Crippen LogP contribution >= 0.6 is 0 Å². The van der Waals surface area contributed by atoms with E-state index < -0.39 is 24.2 Å². The lowest BCUT2D eigenvalue weighted by atomic mass is 10.3. The Morgan fingerprint density at radius 2 is 2.11 bits per heavy atom. The largest absolute Gasteiger partial charge is 0.383 e. The average Bonchev–Trinajstić information content (AvgIpc) is 2.27. The maximum Gasteiger partial charge on any atom is 0.330 e. The number of anilines is 2. The Hall–Kier alpha value is -1.86. The van der Waals surface area contributed by atoms with E-state index >= 15 is 0 Å². The standard InChI is InChI=1S/C10H16F2N4O2/c1-2-3-4-16-8(13)7(14-5-6(11)12)9(17)15-10(16)18/h6,14H,2-5,13H2,1H3,(H,15,17,18). The lowest BCUT2D eigenvalue weighted by molar-refractivity contribution is 0.163. The molecule has 18 heavy (non-hydrogen) atoms. The highest BCUT2D eigenvalue weighted by molar-refractivity contribution is 5.60. The van der Waals surface area contributed by atoms with Crippen molar-refractivity contribution in [3.63, 3.8) is 0 Å². The number of halogens is 2. The number of aromatic amines is 1. The number of hydrogen-bond acceptors (Lipinski definition) is 4. The summed E-state index contributed by atoms with van der Waals surface area (Å²) in [6.07, 6.45) is -1.07. The third-order valence-corrected chi connectivity index (χ3v) is 2.41. The minimum absolute atomic E-state index is 0.113. The number of nitrogens with two attached hydrogens (primary N) is 1. The van der Waals surface area contributed by atoms with Crippen molar-refractivity contribution in [2.24, 2.45) is 0 Å².